The molecule has 1 amide bonds. The van der Waals surface area contributed by atoms with E-state index in [0.717, 1.165) is 29.7 Å². The second kappa shape index (κ2) is 6.80. The summed E-state index contributed by atoms with van der Waals surface area (Å²) in [6.07, 6.45) is 3.30. The second-order valence-corrected chi connectivity index (χ2v) is 6.47. The minimum atomic E-state index is -0.873. The summed E-state index contributed by atoms with van der Waals surface area (Å²) in [5, 5.41) is 14.9. The van der Waals surface area contributed by atoms with E-state index in [4.69, 9.17) is 16.6 Å². The Morgan fingerprint density at radius 3 is 2.81 bits per heavy atom. The van der Waals surface area contributed by atoms with Crippen LogP contribution >= 0.6 is 11.6 Å². The van der Waals surface area contributed by atoms with Gasteiger partial charge in [-0.2, -0.15) is 5.10 Å². The predicted molar refractivity (Wildman–Crippen MR) is 98.1 cm³/mol. The van der Waals surface area contributed by atoms with E-state index in [2.05, 4.69) is 15.0 Å². The lowest BCUT2D eigenvalue weighted by atomic mass is 10.3. The van der Waals surface area contributed by atoms with Gasteiger partial charge in [0.05, 0.1) is 11.7 Å². The number of carbonyl (C=O) groups is 1. The quantitative estimate of drug-likeness (QED) is 0.696. The largest absolute Gasteiger partial charge is 0.465 e. The fraction of sp³-hybridized carbons (Fsp3) is 0.294. The molecule has 4 rings (SSSR count). The third-order valence-electron chi connectivity index (χ3n) is 4.45. The Bertz CT molecular complexity index is 959. The van der Waals surface area contributed by atoms with E-state index in [9.17, 15) is 9.90 Å². The molecule has 1 aliphatic rings. The van der Waals surface area contributed by atoms with Crippen molar-refractivity contribution < 1.29 is 9.90 Å². The fourth-order valence-electron chi connectivity index (χ4n) is 3.12. The number of hydrogen-bond donors (Lipinski definition) is 1. The average Bonchev–Trinajstić information content (AvgIpc) is 2.88. The highest BCUT2D eigenvalue weighted by Crippen LogP contribution is 2.21. The van der Waals surface area contributed by atoms with Gasteiger partial charge in [-0.15, -0.1) is 0 Å². The van der Waals surface area contributed by atoms with Crippen molar-refractivity contribution in [3.8, 4) is 5.82 Å². The van der Waals surface area contributed by atoms with E-state index < -0.39 is 6.09 Å². The number of rotatable bonds is 2. The zero-order valence-corrected chi connectivity index (χ0v) is 14.7. The van der Waals surface area contributed by atoms with Gasteiger partial charge in [0.2, 0.25) is 0 Å². The first-order chi connectivity index (χ1) is 12.6. The van der Waals surface area contributed by atoms with E-state index >= 15 is 0 Å². The van der Waals surface area contributed by atoms with Crippen molar-refractivity contribution in [1.29, 1.82) is 0 Å². The molecule has 0 radical (unpaired) electrons. The summed E-state index contributed by atoms with van der Waals surface area (Å²) in [5.41, 5.74) is 0.836. The first-order valence-electron chi connectivity index (χ1n) is 8.31. The van der Waals surface area contributed by atoms with Crippen LogP contribution < -0.4 is 4.90 Å². The molecule has 1 N–H and O–H groups in total. The first-order valence-corrected chi connectivity index (χ1v) is 8.69. The molecular weight excluding hydrogens is 356 g/mol. The van der Waals surface area contributed by atoms with E-state index in [1.807, 2.05) is 18.2 Å². The number of hydrogen-bond acceptors (Lipinski definition) is 5. The van der Waals surface area contributed by atoms with Crippen LogP contribution in [0, 0.1) is 0 Å². The summed E-state index contributed by atoms with van der Waals surface area (Å²) in [7, 11) is 0. The number of aromatic nitrogens is 4. The zero-order chi connectivity index (χ0) is 18.1. The van der Waals surface area contributed by atoms with Gasteiger partial charge in [0.15, 0.2) is 5.82 Å². The Labute approximate surface area is 154 Å². The summed E-state index contributed by atoms with van der Waals surface area (Å²) in [4.78, 5) is 23.5. The minimum Gasteiger partial charge on any atom is -0.465 e. The summed E-state index contributed by atoms with van der Waals surface area (Å²) < 4.78 is 1.73. The van der Waals surface area contributed by atoms with Crippen molar-refractivity contribution >= 4 is 34.4 Å². The maximum Gasteiger partial charge on any atom is 0.407 e. The molecule has 9 heteroatoms. The molecule has 0 aliphatic carbocycles. The Kier molecular flexibility index (Phi) is 4.34. The molecule has 4 heterocycles. The molecule has 0 saturated carbocycles. The lowest BCUT2D eigenvalue weighted by molar-refractivity contribution is 0.148. The highest BCUT2D eigenvalue weighted by molar-refractivity contribution is 6.30. The number of anilines is 1. The molecule has 3 aromatic heterocycles. The number of carboxylic acid groups (broad SMARTS) is 1. The molecule has 0 atom stereocenters. The van der Waals surface area contributed by atoms with Crippen LogP contribution in [0.15, 0.2) is 36.7 Å². The smallest absolute Gasteiger partial charge is 0.407 e. The molecule has 134 valence electrons. The van der Waals surface area contributed by atoms with Crippen molar-refractivity contribution in [2.45, 2.75) is 6.42 Å². The monoisotopic (exact) mass is 372 g/mol. The van der Waals surface area contributed by atoms with E-state index in [1.165, 1.54) is 4.90 Å². The maximum atomic E-state index is 11.2. The number of nitrogens with zero attached hydrogens (tertiary/aromatic N) is 6. The van der Waals surface area contributed by atoms with Crippen molar-refractivity contribution in [1.82, 2.24) is 24.6 Å². The summed E-state index contributed by atoms with van der Waals surface area (Å²) in [5.74, 6) is 1.48. The Balaban J connectivity index is 1.64. The number of pyridine rings is 2. The molecular formula is C17H17ClN6O2. The van der Waals surface area contributed by atoms with Crippen LogP contribution in [0.4, 0.5) is 10.6 Å². The summed E-state index contributed by atoms with van der Waals surface area (Å²) in [6.45, 7) is 2.38. The standard InChI is InChI=1S/C17H17ClN6O2/c18-14-9-13-12(10-19-14)11-20-24(13)16-4-1-3-15(21-16)22-5-2-6-23(8-7-22)17(25)26/h1,3-4,9-11H,2,5-8H2,(H,25,26). The molecule has 0 aromatic carbocycles. The summed E-state index contributed by atoms with van der Waals surface area (Å²) >= 11 is 6.01. The van der Waals surface area contributed by atoms with Crippen LogP contribution in [0.25, 0.3) is 16.7 Å². The second-order valence-electron chi connectivity index (χ2n) is 6.09. The Morgan fingerprint density at radius 1 is 1.12 bits per heavy atom. The van der Waals surface area contributed by atoms with Gasteiger partial charge in [-0.25, -0.2) is 19.4 Å². The van der Waals surface area contributed by atoms with Crippen molar-refractivity contribution in [3.05, 3.63) is 41.8 Å². The van der Waals surface area contributed by atoms with Gasteiger partial charge in [-0.3, -0.25) is 0 Å². The van der Waals surface area contributed by atoms with Crippen LogP contribution in [-0.4, -0.2) is 62.0 Å². The lowest BCUT2D eigenvalue weighted by Gasteiger charge is -2.22. The minimum absolute atomic E-state index is 0.400. The highest BCUT2D eigenvalue weighted by Gasteiger charge is 2.19. The van der Waals surface area contributed by atoms with Crippen molar-refractivity contribution in [3.63, 3.8) is 0 Å². The summed E-state index contributed by atoms with van der Waals surface area (Å²) in [6, 6.07) is 7.49. The molecule has 0 bridgehead atoms. The van der Waals surface area contributed by atoms with Gasteiger partial charge >= 0.3 is 6.09 Å². The van der Waals surface area contributed by atoms with Gasteiger partial charge < -0.3 is 14.9 Å². The van der Waals surface area contributed by atoms with Crippen LogP contribution in [0.3, 0.4) is 0 Å². The van der Waals surface area contributed by atoms with E-state index in [-0.39, 0.29) is 0 Å². The third kappa shape index (κ3) is 3.15. The van der Waals surface area contributed by atoms with Crippen LogP contribution in [0.1, 0.15) is 6.42 Å². The fourth-order valence-corrected chi connectivity index (χ4v) is 3.27. The maximum absolute atomic E-state index is 11.2. The van der Waals surface area contributed by atoms with Gasteiger partial charge in [0.25, 0.3) is 0 Å². The molecule has 1 fully saturated rings. The topological polar surface area (TPSA) is 87.4 Å². The third-order valence-corrected chi connectivity index (χ3v) is 4.65. The SMILES string of the molecule is O=C(O)N1CCCN(c2cccc(-n3ncc4cnc(Cl)cc43)n2)CC1. The van der Waals surface area contributed by atoms with Gasteiger partial charge in [0.1, 0.15) is 11.0 Å². The number of halogens is 1. The molecule has 0 spiro atoms. The van der Waals surface area contributed by atoms with Crippen molar-refractivity contribution in [2.75, 3.05) is 31.1 Å². The predicted octanol–water partition coefficient (Wildman–Crippen LogP) is 2.66. The van der Waals surface area contributed by atoms with E-state index in [1.54, 1.807) is 23.1 Å². The lowest BCUT2D eigenvalue weighted by Crippen LogP contribution is -2.34. The molecule has 1 saturated heterocycles. The van der Waals surface area contributed by atoms with Crippen LogP contribution in [-0.2, 0) is 0 Å². The van der Waals surface area contributed by atoms with Crippen LogP contribution in [0.5, 0.6) is 0 Å². The van der Waals surface area contributed by atoms with Crippen LogP contribution in [0.2, 0.25) is 5.15 Å². The average molecular weight is 373 g/mol. The Morgan fingerprint density at radius 2 is 1.96 bits per heavy atom. The first kappa shape index (κ1) is 16.6. The molecule has 1 aliphatic heterocycles. The molecule has 3 aromatic rings. The van der Waals surface area contributed by atoms with Gasteiger partial charge in [0, 0.05) is 43.8 Å². The highest BCUT2D eigenvalue weighted by atomic mass is 35.5. The Hall–Kier alpha value is -2.87. The van der Waals surface area contributed by atoms with Gasteiger partial charge in [-0.05, 0) is 18.6 Å². The van der Waals surface area contributed by atoms with Gasteiger partial charge in [-0.1, -0.05) is 17.7 Å². The van der Waals surface area contributed by atoms with E-state index in [0.29, 0.717) is 30.6 Å². The molecule has 0 unspecified atom stereocenters. The molecule has 8 nitrogen and oxygen atoms in total. The normalized spacial score (nSPS) is 15.3. The zero-order valence-electron chi connectivity index (χ0n) is 13.9. The number of fused-ring (bicyclic) bond motifs is 1. The van der Waals surface area contributed by atoms with Crippen molar-refractivity contribution in [2.24, 2.45) is 0 Å². The molecule has 26 heavy (non-hydrogen) atoms. The number of amides is 1.